The minimum Gasteiger partial charge on any atom is -0.457 e. The SMILES string of the molecule is O=C(NCc1cccc(Oc2ccc(F)cc2)c1)c1ccccc1F. The Bertz CT molecular complexity index is 879. The molecule has 5 heteroatoms. The predicted molar refractivity (Wildman–Crippen MR) is 90.5 cm³/mol. The monoisotopic (exact) mass is 339 g/mol. The van der Waals surface area contributed by atoms with Gasteiger partial charge < -0.3 is 10.1 Å². The van der Waals surface area contributed by atoms with Crippen molar-refractivity contribution in [2.45, 2.75) is 6.54 Å². The van der Waals surface area contributed by atoms with E-state index in [1.165, 1.54) is 42.5 Å². The van der Waals surface area contributed by atoms with E-state index in [0.29, 0.717) is 11.5 Å². The Morgan fingerprint density at radius 3 is 2.40 bits per heavy atom. The highest BCUT2D eigenvalue weighted by Crippen LogP contribution is 2.22. The summed E-state index contributed by atoms with van der Waals surface area (Å²) >= 11 is 0. The van der Waals surface area contributed by atoms with Crippen LogP contribution >= 0.6 is 0 Å². The van der Waals surface area contributed by atoms with Crippen LogP contribution in [-0.4, -0.2) is 5.91 Å². The van der Waals surface area contributed by atoms with Crippen LogP contribution in [0.3, 0.4) is 0 Å². The second kappa shape index (κ2) is 7.57. The Labute approximate surface area is 143 Å². The molecule has 3 nitrogen and oxygen atoms in total. The quantitative estimate of drug-likeness (QED) is 0.732. The lowest BCUT2D eigenvalue weighted by molar-refractivity contribution is 0.0947. The number of nitrogens with one attached hydrogen (secondary N) is 1. The van der Waals surface area contributed by atoms with E-state index in [1.54, 1.807) is 24.3 Å². The Balaban J connectivity index is 1.64. The van der Waals surface area contributed by atoms with Gasteiger partial charge in [0.15, 0.2) is 0 Å². The summed E-state index contributed by atoms with van der Waals surface area (Å²) in [4.78, 5) is 12.0. The summed E-state index contributed by atoms with van der Waals surface area (Å²) in [6.45, 7) is 0.230. The van der Waals surface area contributed by atoms with Crippen LogP contribution in [0.15, 0.2) is 72.8 Å². The molecule has 3 aromatic rings. The average Bonchev–Trinajstić information content (AvgIpc) is 2.62. The standard InChI is InChI=1S/C20H15F2NO2/c21-15-8-10-16(11-9-15)25-17-5-3-4-14(12-17)13-23-20(24)18-6-1-2-7-19(18)22/h1-12H,13H2,(H,23,24). The van der Waals surface area contributed by atoms with Gasteiger partial charge in [-0.05, 0) is 54.1 Å². The number of hydrogen-bond acceptors (Lipinski definition) is 2. The molecule has 0 saturated heterocycles. The fourth-order valence-corrected chi connectivity index (χ4v) is 2.28. The van der Waals surface area contributed by atoms with Crippen molar-refractivity contribution < 1.29 is 18.3 Å². The van der Waals surface area contributed by atoms with Crippen molar-refractivity contribution in [2.75, 3.05) is 0 Å². The van der Waals surface area contributed by atoms with Crippen molar-refractivity contribution >= 4 is 5.91 Å². The second-order valence-electron chi connectivity index (χ2n) is 5.37. The summed E-state index contributed by atoms with van der Waals surface area (Å²) in [5.41, 5.74) is 0.797. The molecule has 0 fully saturated rings. The van der Waals surface area contributed by atoms with Crippen LogP contribution in [0.4, 0.5) is 8.78 Å². The van der Waals surface area contributed by atoms with Gasteiger partial charge in [0.1, 0.15) is 23.1 Å². The molecular formula is C20H15F2NO2. The van der Waals surface area contributed by atoms with Gasteiger partial charge in [0.25, 0.3) is 5.91 Å². The lowest BCUT2D eigenvalue weighted by Crippen LogP contribution is -2.23. The van der Waals surface area contributed by atoms with Gasteiger partial charge in [-0.25, -0.2) is 8.78 Å². The Morgan fingerprint density at radius 1 is 0.880 bits per heavy atom. The zero-order valence-electron chi connectivity index (χ0n) is 13.2. The number of benzene rings is 3. The molecule has 0 aliphatic rings. The van der Waals surface area contributed by atoms with E-state index in [9.17, 15) is 13.6 Å². The van der Waals surface area contributed by atoms with E-state index < -0.39 is 11.7 Å². The maximum Gasteiger partial charge on any atom is 0.254 e. The maximum atomic E-state index is 13.6. The molecule has 0 aliphatic carbocycles. The number of carbonyl (C=O) groups is 1. The summed E-state index contributed by atoms with van der Waals surface area (Å²) < 4.78 is 32.1. The summed E-state index contributed by atoms with van der Waals surface area (Å²) in [5.74, 6) is -0.313. The molecule has 0 bridgehead atoms. The van der Waals surface area contributed by atoms with Crippen molar-refractivity contribution in [2.24, 2.45) is 0 Å². The van der Waals surface area contributed by atoms with Crippen LogP contribution in [0.25, 0.3) is 0 Å². The number of halogens is 2. The minimum absolute atomic E-state index is 0.00113. The number of carbonyl (C=O) groups excluding carboxylic acids is 1. The highest BCUT2D eigenvalue weighted by molar-refractivity contribution is 5.94. The molecule has 0 aliphatic heterocycles. The summed E-state index contributed by atoms with van der Waals surface area (Å²) in [7, 11) is 0. The van der Waals surface area contributed by atoms with E-state index in [-0.39, 0.29) is 17.9 Å². The molecule has 0 radical (unpaired) electrons. The van der Waals surface area contributed by atoms with Gasteiger partial charge in [-0.15, -0.1) is 0 Å². The highest BCUT2D eigenvalue weighted by Gasteiger charge is 2.10. The first-order chi connectivity index (χ1) is 12.1. The Morgan fingerprint density at radius 2 is 1.64 bits per heavy atom. The maximum absolute atomic E-state index is 13.6. The van der Waals surface area contributed by atoms with Gasteiger partial charge in [-0.1, -0.05) is 24.3 Å². The number of ether oxygens (including phenoxy) is 1. The number of hydrogen-bond donors (Lipinski definition) is 1. The molecule has 0 aromatic heterocycles. The highest BCUT2D eigenvalue weighted by atomic mass is 19.1. The summed E-state index contributed by atoms with van der Waals surface area (Å²) in [6, 6.07) is 18.6. The van der Waals surface area contributed by atoms with Gasteiger partial charge >= 0.3 is 0 Å². The van der Waals surface area contributed by atoms with Crippen molar-refractivity contribution in [3.05, 3.63) is 95.6 Å². The summed E-state index contributed by atoms with van der Waals surface area (Å²) in [6.07, 6.45) is 0. The van der Waals surface area contributed by atoms with Crippen LogP contribution in [0.5, 0.6) is 11.5 Å². The van der Waals surface area contributed by atoms with Crippen LogP contribution in [0.2, 0.25) is 0 Å². The molecule has 0 saturated carbocycles. The van der Waals surface area contributed by atoms with E-state index in [1.807, 2.05) is 6.07 Å². The summed E-state index contributed by atoms with van der Waals surface area (Å²) in [5, 5.41) is 2.67. The average molecular weight is 339 g/mol. The molecule has 0 atom stereocenters. The van der Waals surface area contributed by atoms with Crippen molar-refractivity contribution in [3.8, 4) is 11.5 Å². The normalized spacial score (nSPS) is 10.3. The third kappa shape index (κ3) is 4.41. The Hall–Kier alpha value is -3.21. The number of rotatable bonds is 5. The number of amides is 1. The molecule has 1 amide bonds. The van der Waals surface area contributed by atoms with Crippen molar-refractivity contribution in [3.63, 3.8) is 0 Å². The van der Waals surface area contributed by atoms with Gasteiger partial charge in [0.05, 0.1) is 5.56 Å². The molecule has 1 N–H and O–H groups in total. The van der Waals surface area contributed by atoms with Crippen molar-refractivity contribution in [1.29, 1.82) is 0 Å². The fourth-order valence-electron chi connectivity index (χ4n) is 2.28. The third-order valence-corrected chi connectivity index (χ3v) is 3.52. The van der Waals surface area contributed by atoms with Crippen LogP contribution in [0.1, 0.15) is 15.9 Å². The van der Waals surface area contributed by atoms with Gasteiger partial charge in [-0.3, -0.25) is 4.79 Å². The molecule has 0 unspecified atom stereocenters. The molecule has 25 heavy (non-hydrogen) atoms. The van der Waals surface area contributed by atoms with Crippen LogP contribution < -0.4 is 10.1 Å². The predicted octanol–water partition coefficient (Wildman–Crippen LogP) is 4.69. The van der Waals surface area contributed by atoms with Crippen molar-refractivity contribution in [1.82, 2.24) is 5.32 Å². The van der Waals surface area contributed by atoms with Crippen LogP contribution in [0, 0.1) is 11.6 Å². The first-order valence-electron chi connectivity index (χ1n) is 7.67. The van der Waals surface area contributed by atoms with Gasteiger partial charge in [0.2, 0.25) is 0 Å². The smallest absolute Gasteiger partial charge is 0.254 e. The zero-order valence-corrected chi connectivity index (χ0v) is 13.2. The molecule has 3 rings (SSSR count). The molecular weight excluding hydrogens is 324 g/mol. The third-order valence-electron chi connectivity index (χ3n) is 3.52. The first kappa shape index (κ1) is 16.6. The lowest BCUT2D eigenvalue weighted by Gasteiger charge is -2.09. The second-order valence-corrected chi connectivity index (χ2v) is 5.37. The topological polar surface area (TPSA) is 38.3 Å². The lowest BCUT2D eigenvalue weighted by atomic mass is 10.1. The minimum atomic E-state index is -0.562. The van der Waals surface area contributed by atoms with E-state index in [2.05, 4.69) is 5.32 Å². The van der Waals surface area contributed by atoms with E-state index >= 15 is 0 Å². The molecule has 0 heterocycles. The Kier molecular flexibility index (Phi) is 5.04. The molecule has 3 aromatic carbocycles. The molecule has 0 spiro atoms. The first-order valence-corrected chi connectivity index (χ1v) is 7.67. The largest absolute Gasteiger partial charge is 0.457 e. The fraction of sp³-hybridized carbons (Fsp3) is 0.0500. The molecule has 126 valence electrons. The van der Waals surface area contributed by atoms with Crippen LogP contribution in [-0.2, 0) is 6.54 Å². The van der Waals surface area contributed by atoms with E-state index in [0.717, 1.165) is 5.56 Å². The van der Waals surface area contributed by atoms with E-state index in [4.69, 9.17) is 4.74 Å². The van der Waals surface area contributed by atoms with Gasteiger partial charge in [0, 0.05) is 6.54 Å². The van der Waals surface area contributed by atoms with Gasteiger partial charge in [-0.2, -0.15) is 0 Å². The zero-order chi connectivity index (χ0) is 17.6.